The van der Waals surface area contributed by atoms with E-state index in [-0.39, 0.29) is 0 Å². The van der Waals surface area contributed by atoms with E-state index < -0.39 is 0 Å². The molecule has 0 N–H and O–H groups in total. The molecular formula is C14H21ClN2O. The molecule has 0 aliphatic heterocycles. The summed E-state index contributed by atoms with van der Waals surface area (Å²) in [7, 11) is 0. The molecule has 0 aromatic heterocycles. The van der Waals surface area contributed by atoms with Crippen LogP contribution in [0.5, 0.6) is 0 Å². The van der Waals surface area contributed by atoms with E-state index in [0.29, 0.717) is 6.61 Å². The first-order valence-electron chi connectivity index (χ1n) is 6.32. The second-order valence-electron chi connectivity index (χ2n) is 4.04. The van der Waals surface area contributed by atoms with Crippen molar-refractivity contribution in [1.82, 2.24) is 4.90 Å². The zero-order valence-corrected chi connectivity index (χ0v) is 12.1. The number of rotatable bonds is 7. The lowest BCUT2D eigenvalue weighted by Crippen LogP contribution is -2.26. The van der Waals surface area contributed by atoms with Gasteiger partial charge in [-0.25, -0.2) is 0 Å². The van der Waals surface area contributed by atoms with E-state index in [1.54, 1.807) is 0 Å². The molecule has 4 heteroatoms. The smallest absolute Gasteiger partial charge is 0.129 e. The summed E-state index contributed by atoms with van der Waals surface area (Å²) >= 11 is 5.83. The van der Waals surface area contributed by atoms with Gasteiger partial charge in [0, 0.05) is 11.6 Å². The van der Waals surface area contributed by atoms with E-state index in [2.05, 4.69) is 23.9 Å². The fourth-order valence-corrected chi connectivity index (χ4v) is 1.72. The summed E-state index contributed by atoms with van der Waals surface area (Å²) in [5, 5.41) is 4.84. The van der Waals surface area contributed by atoms with Crippen molar-refractivity contribution in [2.75, 3.05) is 26.2 Å². The molecule has 0 aliphatic carbocycles. The SMILES string of the molecule is CCN(CC)CCON=C(C)c1ccc(Cl)cc1. The Labute approximate surface area is 114 Å². The van der Waals surface area contributed by atoms with Gasteiger partial charge in [0.15, 0.2) is 0 Å². The molecule has 0 amide bonds. The van der Waals surface area contributed by atoms with Gasteiger partial charge in [-0.05, 0) is 37.7 Å². The van der Waals surface area contributed by atoms with Crippen LogP contribution in [0.25, 0.3) is 0 Å². The Kier molecular flexibility index (Phi) is 6.76. The second kappa shape index (κ2) is 8.11. The maximum atomic E-state index is 5.83. The highest BCUT2D eigenvalue weighted by atomic mass is 35.5. The number of nitrogens with zero attached hydrogens (tertiary/aromatic N) is 2. The Bertz CT molecular complexity index is 372. The molecule has 0 unspecified atom stereocenters. The lowest BCUT2D eigenvalue weighted by Gasteiger charge is -2.16. The summed E-state index contributed by atoms with van der Waals surface area (Å²) in [6, 6.07) is 7.58. The van der Waals surface area contributed by atoms with Crippen LogP contribution < -0.4 is 0 Å². The summed E-state index contributed by atoms with van der Waals surface area (Å²) in [5.41, 5.74) is 1.90. The molecule has 0 spiro atoms. The van der Waals surface area contributed by atoms with E-state index in [0.717, 1.165) is 35.9 Å². The molecule has 0 heterocycles. The zero-order chi connectivity index (χ0) is 13.4. The lowest BCUT2D eigenvalue weighted by atomic mass is 10.1. The van der Waals surface area contributed by atoms with E-state index in [1.165, 1.54) is 0 Å². The highest BCUT2D eigenvalue weighted by Crippen LogP contribution is 2.10. The maximum Gasteiger partial charge on any atom is 0.129 e. The average molecular weight is 269 g/mol. The summed E-state index contributed by atoms with van der Waals surface area (Å²) in [6.45, 7) is 9.83. The molecule has 100 valence electrons. The predicted octanol–water partition coefficient (Wildman–Crippen LogP) is 3.42. The molecule has 0 bridgehead atoms. The molecule has 18 heavy (non-hydrogen) atoms. The molecule has 3 nitrogen and oxygen atoms in total. The fraction of sp³-hybridized carbons (Fsp3) is 0.500. The van der Waals surface area contributed by atoms with Gasteiger partial charge < -0.3 is 9.74 Å². The highest BCUT2D eigenvalue weighted by molar-refractivity contribution is 6.30. The van der Waals surface area contributed by atoms with Crippen LogP contribution in [-0.4, -0.2) is 36.9 Å². The third-order valence-electron chi connectivity index (χ3n) is 2.86. The van der Waals surface area contributed by atoms with Crippen molar-refractivity contribution in [1.29, 1.82) is 0 Å². The average Bonchev–Trinajstić information content (AvgIpc) is 2.39. The normalized spacial score (nSPS) is 11.9. The van der Waals surface area contributed by atoms with Crippen molar-refractivity contribution in [2.24, 2.45) is 5.16 Å². The van der Waals surface area contributed by atoms with Gasteiger partial charge in [0.25, 0.3) is 0 Å². The maximum absolute atomic E-state index is 5.83. The standard InChI is InChI=1S/C14H21ClN2O/c1-4-17(5-2)10-11-18-16-12(3)13-6-8-14(15)9-7-13/h6-9H,4-5,10-11H2,1-3H3. The molecular weight excluding hydrogens is 248 g/mol. The second-order valence-corrected chi connectivity index (χ2v) is 4.48. The van der Waals surface area contributed by atoms with Gasteiger partial charge in [0.05, 0.1) is 5.71 Å². The van der Waals surface area contributed by atoms with E-state index in [4.69, 9.17) is 16.4 Å². The largest absolute Gasteiger partial charge is 0.394 e. The first-order valence-corrected chi connectivity index (χ1v) is 6.70. The number of oxime groups is 1. The third kappa shape index (κ3) is 5.07. The quantitative estimate of drug-likeness (QED) is 0.430. The predicted molar refractivity (Wildman–Crippen MR) is 77.4 cm³/mol. The molecule has 0 saturated heterocycles. The Hall–Kier alpha value is -1.06. The van der Waals surface area contributed by atoms with Crippen molar-refractivity contribution in [3.05, 3.63) is 34.9 Å². The van der Waals surface area contributed by atoms with Gasteiger partial charge in [0.1, 0.15) is 6.61 Å². The first-order chi connectivity index (χ1) is 8.67. The minimum Gasteiger partial charge on any atom is -0.394 e. The number of halogens is 1. The molecule has 1 aromatic rings. The Morgan fingerprint density at radius 2 is 1.83 bits per heavy atom. The van der Waals surface area contributed by atoms with Gasteiger partial charge in [-0.1, -0.05) is 42.7 Å². The molecule has 0 fully saturated rings. The first kappa shape index (κ1) is 15.0. The Morgan fingerprint density at radius 1 is 1.22 bits per heavy atom. The topological polar surface area (TPSA) is 24.8 Å². The zero-order valence-electron chi connectivity index (χ0n) is 11.3. The van der Waals surface area contributed by atoms with Crippen LogP contribution in [0.4, 0.5) is 0 Å². The van der Waals surface area contributed by atoms with Gasteiger partial charge >= 0.3 is 0 Å². The number of hydrogen-bond donors (Lipinski definition) is 0. The van der Waals surface area contributed by atoms with Gasteiger partial charge in [-0.15, -0.1) is 0 Å². The van der Waals surface area contributed by atoms with Gasteiger partial charge in [-0.3, -0.25) is 0 Å². The molecule has 0 radical (unpaired) electrons. The van der Waals surface area contributed by atoms with Crippen LogP contribution in [0.15, 0.2) is 29.4 Å². The minimum absolute atomic E-state index is 0.618. The fourth-order valence-electron chi connectivity index (χ4n) is 1.60. The van der Waals surface area contributed by atoms with Crippen molar-refractivity contribution >= 4 is 17.3 Å². The van der Waals surface area contributed by atoms with Crippen molar-refractivity contribution in [3.8, 4) is 0 Å². The van der Waals surface area contributed by atoms with Crippen molar-refractivity contribution in [2.45, 2.75) is 20.8 Å². The van der Waals surface area contributed by atoms with Crippen molar-refractivity contribution in [3.63, 3.8) is 0 Å². The Morgan fingerprint density at radius 3 is 2.39 bits per heavy atom. The van der Waals surface area contributed by atoms with Crippen LogP contribution >= 0.6 is 11.6 Å². The van der Waals surface area contributed by atoms with Crippen LogP contribution in [0.1, 0.15) is 26.3 Å². The number of likely N-dealkylation sites (N-methyl/N-ethyl adjacent to an activating group) is 1. The number of hydrogen-bond acceptors (Lipinski definition) is 3. The van der Waals surface area contributed by atoms with E-state index >= 15 is 0 Å². The van der Waals surface area contributed by atoms with Crippen LogP contribution in [0, 0.1) is 0 Å². The molecule has 0 aliphatic rings. The van der Waals surface area contributed by atoms with Gasteiger partial charge in [0.2, 0.25) is 0 Å². The lowest BCUT2D eigenvalue weighted by molar-refractivity contribution is 0.114. The monoisotopic (exact) mass is 268 g/mol. The molecule has 1 aromatic carbocycles. The van der Waals surface area contributed by atoms with Crippen LogP contribution in [-0.2, 0) is 4.84 Å². The van der Waals surface area contributed by atoms with Crippen LogP contribution in [0.3, 0.4) is 0 Å². The number of benzene rings is 1. The summed E-state index contributed by atoms with van der Waals surface area (Å²) in [6.07, 6.45) is 0. The minimum atomic E-state index is 0.618. The summed E-state index contributed by atoms with van der Waals surface area (Å²) in [4.78, 5) is 7.63. The highest BCUT2D eigenvalue weighted by Gasteiger charge is 2.00. The van der Waals surface area contributed by atoms with E-state index in [1.807, 2.05) is 31.2 Å². The Balaban J connectivity index is 2.40. The molecule has 1 rings (SSSR count). The summed E-state index contributed by atoms with van der Waals surface area (Å²) in [5.74, 6) is 0. The van der Waals surface area contributed by atoms with Gasteiger partial charge in [-0.2, -0.15) is 0 Å². The molecule has 0 saturated carbocycles. The third-order valence-corrected chi connectivity index (χ3v) is 3.11. The summed E-state index contributed by atoms with van der Waals surface area (Å²) < 4.78 is 0. The van der Waals surface area contributed by atoms with E-state index in [9.17, 15) is 0 Å². The van der Waals surface area contributed by atoms with Crippen molar-refractivity contribution < 1.29 is 4.84 Å². The van der Waals surface area contributed by atoms with Crippen LogP contribution in [0.2, 0.25) is 5.02 Å². The molecule has 0 atom stereocenters.